The van der Waals surface area contributed by atoms with Crippen LogP contribution in [0.5, 0.6) is 11.5 Å². The van der Waals surface area contributed by atoms with Crippen LogP contribution in [0.2, 0.25) is 0 Å². The van der Waals surface area contributed by atoms with E-state index in [0.29, 0.717) is 22.2 Å². The Kier molecular flexibility index (Phi) is 6.53. The van der Waals surface area contributed by atoms with Crippen LogP contribution in [0.1, 0.15) is 10.4 Å². The van der Waals surface area contributed by atoms with Crippen molar-refractivity contribution in [2.45, 2.75) is 0 Å². The molecule has 0 saturated heterocycles. The molecule has 0 unspecified atom stereocenters. The zero-order valence-corrected chi connectivity index (χ0v) is 14.8. The van der Waals surface area contributed by atoms with Crippen molar-refractivity contribution in [1.29, 1.82) is 0 Å². The summed E-state index contributed by atoms with van der Waals surface area (Å²) in [6, 6.07) is 4.89. The Morgan fingerprint density at radius 3 is 2.76 bits per heavy atom. The lowest BCUT2D eigenvalue weighted by molar-refractivity contribution is -0.116. The number of thiazole rings is 1. The molecule has 2 amide bonds. The van der Waals surface area contributed by atoms with Gasteiger partial charge in [-0.1, -0.05) is 6.08 Å². The Morgan fingerprint density at radius 2 is 2.16 bits per heavy atom. The Morgan fingerprint density at radius 1 is 1.36 bits per heavy atom. The fourth-order valence-corrected chi connectivity index (χ4v) is 2.68. The molecule has 0 bridgehead atoms. The first kappa shape index (κ1) is 18.5. The zero-order chi connectivity index (χ0) is 18.2. The summed E-state index contributed by atoms with van der Waals surface area (Å²) in [5.41, 5.74) is 0.340. The van der Waals surface area contributed by atoms with E-state index in [1.165, 1.54) is 30.5 Å². The molecule has 0 spiro atoms. The van der Waals surface area contributed by atoms with Crippen LogP contribution in [-0.4, -0.2) is 49.0 Å². The number of hydrogen-bond donors (Lipinski definition) is 1. The largest absolute Gasteiger partial charge is 0.497 e. The van der Waals surface area contributed by atoms with Crippen molar-refractivity contribution in [3.63, 3.8) is 0 Å². The fourth-order valence-electron chi connectivity index (χ4n) is 2.14. The van der Waals surface area contributed by atoms with Crippen molar-refractivity contribution in [1.82, 2.24) is 9.88 Å². The summed E-state index contributed by atoms with van der Waals surface area (Å²) in [5, 5.41) is 4.89. The molecule has 1 aromatic heterocycles. The molecule has 2 aromatic rings. The Labute approximate surface area is 149 Å². The van der Waals surface area contributed by atoms with Crippen LogP contribution in [0.25, 0.3) is 0 Å². The molecular weight excluding hydrogens is 342 g/mol. The number of aromatic nitrogens is 1. The van der Waals surface area contributed by atoms with Gasteiger partial charge in [0.2, 0.25) is 5.91 Å². The number of rotatable bonds is 8. The molecule has 0 aliphatic carbocycles. The van der Waals surface area contributed by atoms with Crippen LogP contribution < -0.4 is 14.8 Å². The second kappa shape index (κ2) is 8.84. The summed E-state index contributed by atoms with van der Waals surface area (Å²) in [6.07, 6.45) is 3.15. The van der Waals surface area contributed by atoms with Crippen LogP contribution in [0.3, 0.4) is 0 Å². The summed E-state index contributed by atoms with van der Waals surface area (Å²) in [5.74, 6) is 0.273. The molecule has 0 saturated carbocycles. The van der Waals surface area contributed by atoms with E-state index in [-0.39, 0.29) is 24.9 Å². The van der Waals surface area contributed by atoms with Crippen molar-refractivity contribution in [2.24, 2.45) is 0 Å². The third-order valence-electron chi connectivity index (χ3n) is 3.29. The van der Waals surface area contributed by atoms with Gasteiger partial charge in [-0.25, -0.2) is 4.98 Å². The van der Waals surface area contributed by atoms with Gasteiger partial charge in [-0.2, -0.15) is 0 Å². The molecule has 8 heteroatoms. The second-order valence-electron chi connectivity index (χ2n) is 4.93. The highest BCUT2D eigenvalue weighted by Crippen LogP contribution is 2.25. The number of methoxy groups -OCH3 is 2. The molecule has 1 N–H and O–H groups in total. The standard InChI is InChI=1S/C17H19N3O4S/c1-4-8-20(11-15(21)19-17-18-7-9-25-17)16(22)13-6-5-12(23-2)10-14(13)24-3/h4-7,9-10H,1,8,11H2,2-3H3,(H,18,19,21). The van der Waals surface area contributed by atoms with E-state index in [1.807, 2.05) is 0 Å². The molecule has 0 aliphatic rings. The first-order valence-corrected chi connectivity index (χ1v) is 8.28. The number of hydrogen-bond acceptors (Lipinski definition) is 6. The van der Waals surface area contributed by atoms with Gasteiger partial charge in [0.15, 0.2) is 5.13 Å². The molecular formula is C17H19N3O4S. The molecule has 25 heavy (non-hydrogen) atoms. The summed E-state index contributed by atoms with van der Waals surface area (Å²) in [7, 11) is 3.00. The quantitative estimate of drug-likeness (QED) is 0.731. The maximum atomic E-state index is 12.8. The SMILES string of the molecule is C=CCN(CC(=O)Nc1nccs1)C(=O)c1ccc(OC)cc1OC. The van der Waals surface area contributed by atoms with Crippen molar-refractivity contribution < 1.29 is 19.1 Å². The molecule has 0 radical (unpaired) electrons. The fraction of sp³-hybridized carbons (Fsp3) is 0.235. The number of ether oxygens (including phenoxy) is 2. The van der Waals surface area contributed by atoms with Crippen LogP contribution in [0, 0.1) is 0 Å². The minimum Gasteiger partial charge on any atom is -0.497 e. The molecule has 2 rings (SSSR count). The van der Waals surface area contributed by atoms with Crippen molar-refractivity contribution in [3.8, 4) is 11.5 Å². The van der Waals surface area contributed by atoms with E-state index in [0.717, 1.165) is 0 Å². The third kappa shape index (κ3) is 4.80. The van der Waals surface area contributed by atoms with Crippen molar-refractivity contribution in [2.75, 3.05) is 32.6 Å². The van der Waals surface area contributed by atoms with Gasteiger partial charge in [0.05, 0.1) is 19.8 Å². The van der Waals surface area contributed by atoms with E-state index in [2.05, 4.69) is 16.9 Å². The van der Waals surface area contributed by atoms with E-state index in [9.17, 15) is 9.59 Å². The van der Waals surface area contributed by atoms with E-state index in [1.54, 1.807) is 35.9 Å². The lowest BCUT2D eigenvalue weighted by Crippen LogP contribution is -2.38. The highest BCUT2D eigenvalue weighted by atomic mass is 32.1. The monoisotopic (exact) mass is 361 g/mol. The average Bonchev–Trinajstić information content (AvgIpc) is 3.13. The minimum atomic E-state index is -0.339. The third-order valence-corrected chi connectivity index (χ3v) is 3.98. The Hall–Kier alpha value is -2.87. The van der Waals surface area contributed by atoms with Crippen molar-refractivity contribution in [3.05, 3.63) is 48.0 Å². The number of carbonyl (C=O) groups is 2. The number of nitrogens with zero attached hydrogens (tertiary/aromatic N) is 2. The van der Waals surface area contributed by atoms with Gasteiger partial charge < -0.3 is 19.7 Å². The average molecular weight is 361 g/mol. The van der Waals surface area contributed by atoms with Gasteiger partial charge in [0.25, 0.3) is 5.91 Å². The van der Waals surface area contributed by atoms with Crippen molar-refractivity contribution >= 4 is 28.3 Å². The first-order valence-electron chi connectivity index (χ1n) is 7.40. The highest BCUT2D eigenvalue weighted by Gasteiger charge is 2.22. The van der Waals surface area contributed by atoms with E-state index in [4.69, 9.17) is 9.47 Å². The summed E-state index contributed by atoms with van der Waals surface area (Å²) in [6.45, 7) is 3.74. The van der Waals surface area contributed by atoms with Crippen LogP contribution >= 0.6 is 11.3 Å². The van der Waals surface area contributed by atoms with Crippen LogP contribution in [0.4, 0.5) is 5.13 Å². The summed E-state index contributed by atoms with van der Waals surface area (Å²) in [4.78, 5) is 30.3. The molecule has 0 atom stereocenters. The van der Waals surface area contributed by atoms with Crippen LogP contribution in [-0.2, 0) is 4.79 Å². The topological polar surface area (TPSA) is 80.8 Å². The molecule has 1 heterocycles. The van der Waals surface area contributed by atoms with Gasteiger partial charge in [-0.3, -0.25) is 9.59 Å². The Balaban J connectivity index is 2.17. The van der Waals surface area contributed by atoms with E-state index >= 15 is 0 Å². The van der Waals surface area contributed by atoms with Gasteiger partial charge in [0, 0.05) is 24.2 Å². The van der Waals surface area contributed by atoms with Crippen LogP contribution in [0.15, 0.2) is 42.4 Å². The molecule has 7 nitrogen and oxygen atoms in total. The number of benzene rings is 1. The number of amides is 2. The molecule has 132 valence electrons. The first-order chi connectivity index (χ1) is 12.1. The molecule has 1 aromatic carbocycles. The number of carbonyl (C=O) groups excluding carboxylic acids is 2. The number of anilines is 1. The summed E-state index contributed by atoms with van der Waals surface area (Å²) >= 11 is 1.31. The molecule has 0 fully saturated rings. The highest BCUT2D eigenvalue weighted by molar-refractivity contribution is 7.13. The van der Waals surface area contributed by atoms with Gasteiger partial charge in [-0.05, 0) is 12.1 Å². The smallest absolute Gasteiger partial charge is 0.258 e. The molecule has 0 aliphatic heterocycles. The van der Waals surface area contributed by atoms with Gasteiger partial charge >= 0.3 is 0 Å². The second-order valence-corrected chi connectivity index (χ2v) is 5.82. The van der Waals surface area contributed by atoms with Gasteiger partial charge in [0.1, 0.15) is 18.0 Å². The maximum absolute atomic E-state index is 12.8. The normalized spacial score (nSPS) is 10.0. The predicted octanol–water partition coefficient (Wildman–Crippen LogP) is 2.43. The minimum absolute atomic E-state index is 0.125. The summed E-state index contributed by atoms with van der Waals surface area (Å²) < 4.78 is 10.4. The lowest BCUT2D eigenvalue weighted by Gasteiger charge is -2.21. The van der Waals surface area contributed by atoms with Gasteiger partial charge in [-0.15, -0.1) is 17.9 Å². The predicted molar refractivity (Wildman–Crippen MR) is 96.4 cm³/mol. The lowest BCUT2D eigenvalue weighted by atomic mass is 10.1. The zero-order valence-electron chi connectivity index (χ0n) is 14.0. The number of nitrogens with one attached hydrogen (secondary N) is 1. The van der Waals surface area contributed by atoms with E-state index < -0.39 is 0 Å². The maximum Gasteiger partial charge on any atom is 0.258 e. The Bertz CT molecular complexity index is 746.